The van der Waals surface area contributed by atoms with Crippen LogP contribution >= 0.6 is 0 Å². The number of phenolic OH excluding ortho intramolecular Hbond substituents is 3. The van der Waals surface area contributed by atoms with Crippen molar-refractivity contribution in [2.75, 3.05) is 0 Å². The van der Waals surface area contributed by atoms with Crippen LogP contribution in [0.4, 0.5) is 0 Å². The summed E-state index contributed by atoms with van der Waals surface area (Å²) in [5.41, 5.74) is 1.37. The van der Waals surface area contributed by atoms with Gasteiger partial charge in [-0.15, -0.1) is 0 Å². The van der Waals surface area contributed by atoms with Crippen LogP contribution in [-0.2, 0) is 6.54 Å². The maximum absolute atomic E-state index is 11.2. The molecule has 3 aromatic carbocycles. The predicted octanol–water partition coefficient (Wildman–Crippen LogP) is 6.71. The monoisotopic (exact) mass is 564 g/mol. The highest BCUT2D eigenvalue weighted by molar-refractivity contribution is 6.09. The van der Waals surface area contributed by atoms with Crippen molar-refractivity contribution in [1.82, 2.24) is 0 Å². The first-order valence-corrected chi connectivity index (χ1v) is 13.0. The largest absolute Gasteiger partial charge is 0.504 e. The molecule has 0 spiro atoms. The van der Waals surface area contributed by atoms with E-state index in [1.54, 1.807) is 30.3 Å². The molecule has 42 heavy (non-hydrogen) atoms. The zero-order chi connectivity index (χ0) is 30.0. The van der Waals surface area contributed by atoms with Crippen molar-refractivity contribution in [3.63, 3.8) is 0 Å². The normalized spacial score (nSPS) is 20.4. The maximum Gasteiger partial charge on any atom is 0.330 e. The number of nitrogens with zero attached hydrogens (tertiary/aromatic N) is 2. The SMILES string of the molecule is C=N/C(=N\Cc1c(O)c(O)c2c(c1O)O/C(O)=C(O)\C(O)=C(\c1ccccc1)C2=C)c1ccc(C2C=CC=CC2)cc1. The van der Waals surface area contributed by atoms with E-state index in [4.69, 9.17) is 4.74 Å². The Kier molecular flexibility index (Phi) is 7.57. The van der Waals surface area contributed by atoms with E-state index in [2.05, 4.69) is 35.4 Å². The highest BCUT2D eigenvalue weighted by Crippen LogP contribution is 2.53. The van der Waals surface area contributed by atoms with E-state index in [9.17, 15) is 30.6 Å². The third-order valence-corrected chi connectivity index (χ3v) is 7.12. The zero-order valence-corrected chi connectivity index (χ0v) is 22.4. The second-order valence-electron chi connectivity index (χ2n) is 9.63. The lowest BCUT2D eigenvalue weighted by Gasteiger charge is -2.23. The molecule has 1 heterocycles. The highest BCUT2D eigenvalue weighted by Gasteiger charge is 2.33. The first kappa shape index (κ1) is 27.9. The van der Waals surface area contributed by atoms with Gasteiger partial charge in [0.05, 0.1) is 17.7 Å². The van der Waals surface area contributed by atoms with Gasteiger partial charge in [0.1, 0.15) is 0 Å². The lowest BCUT2D eigenvalue weighted by atomic mass is 9.89. The number of hydrogen-bond donors (Lipinski definition) is 6. The van der Waals surface area contributed by atoms with Gasteiger partial charge in [0, 0.05) is 17.1 Å². The summed E-state index contributed by atoms with van der Waals surface area (Å²) in [5, 5.41) is 64.8. The molecule has 0 bridgehead atoms. The van der Waals surface area contributed by atoms with E-state index < -0.39 is 40.5 Å². The Morgan fingerprint density at radius 2 is 1.57 bits per heavy atom. The molecule has 2 aliphatic rings. The van der Waals surface area contributed by atoms with Gasteiger partial charge in [-0.1, -0.05) is 85.5 Å². The van der Waals surface area contributed by atoms with E-state index in [0.29, 0.717) is 11.1 Å². The smallest absolute Gasteiger partial charge is 0.330 e. The Hall–Kier alpha value is -5.70. The fraction of sp³-hybridized carbons (Fsp3) is 0.0909. The lowest BCUT2D eigenvalue weighted by Crippen LogP contribution is -2.10. The average Bonchev–Trinajstić information content (AvgIpc) is 3.02. The maximum atomic E-state index is 11.2. The molecular weight excluding hydrogens is 536 g/mol. The number of fused-ring (bicyclic) bond motifs is 1. The van der Waals surface area contributed by atoms with Crippen LogP contribution < -0.4 is 4.74 Å². The molecular formula is C33H28N2O7. The van der Waals surface area contributed by atoms with E-state index in [0.717, 1.165) is 12.0 Å². The van der Waals surface area contributed by atoms with Crippen molar-refractivity contribution in [3.8, 4) is 23.0 Å². The summed E-state index contributed by atoms with van der Waals surface area (Å²) < 4.78 is 5.28. The fourth-order valence-corrected chi connectivity index (χ4v) is 4.91. The molecule has 212 valence electrons. The van der Waals surface area contributed by atoms with E-state index in [1.165, 1.54) is 0 Å². The van der Waals surface area contributed by atoms with Crippen molar-refractivity contribution in [2.45, 2.75) is 18.9 Å². The third kappa shape index (κ3) is 4.99. The highest BCUT2D eigenvalue weighted by atomic mass is 16.6. The van der Waals surface area contributed by atoms with E-state index in [-0.39, 0.29) is 40.6 Å². The molecule has 0 saturated carbocycles. The van der Waals surface area contributed by atoms with Gasteiger partial charge in [-0.2, -0.15) is 0 Å². The minimum absolute atomic E-state index is 0.0783. The van der Waals surface area contributed by atoms with Gasteiger partial charge in [-0.05, 0) is 29.8 Å². The summed E-state index contributed by atoms with van der Waals surface area (Å²) in [6.07, 6.45) is 9.14. The molecule has 5 rings (SSSR count). The van der Waals surface area contributed by atoms with Crippen LogP contribution in [0.3, 0.4) is 0 Å². The number of phenols is 3. The van der Waals surface area contributed by atoms with Crippen molar-refractivity contribution in [1.29, 1.82) is 0 Å². The number of hydrogen-bond acceptors (Lipinski definition) is 8. The summed E-state index contributed by atoms with van der Waals surface area (Å²) in [6, 6.07) is 15.9. The van der Waals surface area contributed by atoms with E-state index >= 15 is 0 Å². The molecule has 0 radical (unpaired) electrons. The number of aromatic hydroxyl groups is 3. The second kappa shape index (κ2) is 11.4. The Labute approximate surface area is 241 Å². The number of benzene rings is 3. The topological polar surface area (TPSA) is 155 Å². The molecule has 3 aromatic rings. The first-order valence-electron chi connectivity index (χ1n) is 13.0. The molecule has 6 N–H and O–H groups in total. The Bertz CT molecular complexity index is 1730. The van der Waals surface area contributed by atoms with Crippen LogP contribution in [0.25, 0.3) is 11.1 Å². The lowest BCUT2D eigenvalue weighted by molar-refractivity contribution is 0.163. The standard InChI is InChI=1S/C33H28N2O7/c1-18-24(21-11-7-4-8-12-21)28(38)30(40)33(41)42-31-25(18)29(39)26(36)23(27(31)37)17-35-32(34-2)22-15-13-20(14-16-22)19-9-5-3-6-10-19/h3-9,11-16,19,36-41H,1-2,10,17H2/b28-24-,33-30+,35-32-. The van der Waals surface area contributed by atoms with E-state index in [1.807, 2.05) is 36.4 Å². The van der Waals surface area contributed by atoms with Gasteiger partial charge in [-0.25, -0.2) is 4.99 Å². The zero-order valence-electron chi connectivity index (χ0n) is 22.4. The van der Waals surface area contributed by atoms with Crippen molar-refractivity contribution >= 4 is 23.7 Å². The Morgan fingerprint density at radius 1 is 0.857 bits per heavy atom. The predicted molar refractivity (Wildman–Crippen MR) is 161 cm³/mol. The summed E-state index contributed by atoms with van der Waals surface area (Å²) in [4.78, 5) is 8.37. The van der Waals surface area contributed by atoms with Crippen LogP contribution in [0.2, 0.25) is 0 Å². The van der Waals surface area contributed by atoms with Crippen molar-refractivity contribution in [3.05, 3.63) is 131 Å². The van der Waals surface area contributed by atoms with Crippen LogP contribution in [0, 0.1) is 0 Å². The van der Waals surface area contributed by atoms with Gasteiger partial charge in [0.15, 0.2) is 34.6 Å². The Balaban J connectivity index is 1.55. The minimum atomic E-state index is -1.15. The number of amidine groups is 1. The molecule has 9 nitrogen and oxygen atoms in total. The number of ether oxygens (including phenoxy) is 1. The quantitative estimate of drug-likeness (QED) is 0.0870. The molecule has 0 amide bonds. The van der Waals surface area contributed by atoms with Crippen LogP contribution in [-0.4, -0.2) is 43.2 Å². The number of aliphatic hydroxyl groups is 3. The number of allylic oxidation sites excluding steroid dienone is 6. The summed E-state index contributed by atoms with van der Waals surface area (Å²) >= 11 is 0. The average molecular weight is 565 g/mol. The Morgan fingerprint density at radius 3 is 2.21 bits per heavy atom. The van der Waals surface area contributed by atoms with Crippen molar-refractivity contribution < 1.29 is 35.4 Å². The second-order valence-corrected chi connectivity index (χ2v) is 9.63. The molecule has 1 aliphatic heterocycles. The van der Waals surface area contributed by atoms with Gasteiger partial charge in [0.25, 0.3) is 0 Å². The van der Waals surface area contributed by atoms with Crippen LogP contribution in [0.1, 0.15) is 40.2 Å². The van der Waals surface area contributed by atoms with Crippen molar-refractivity contribution in [2.24, 2.45) is 9.98 Å². The third-order valence-electron chi connectivity index (χ3n) is 7.12. The molecule has 1 unspecified atom stereocenters. The summed E-state index contributed by atoms with van der Waals surface area (Å²) in [6.45, 7) is 7.12. The molecule has 1 atom stereocenters. The number of rotatable bonds is 5. The molecule has 0 saturated heterocycles. The molecule has 0 aromatic heterocycles. The van der Waals surface area contributed by atoms with Gasteiger partial charge in [0.2, 0.25) is 5.76 Å². The van der Waals surface area contributed by atoms with Gasteiger partial charge in [-0.3, -0.25) is 4.99 Å². The fourth-order valence-electron chi connectivity index (χ4n) is 4.91. The molecule has 0 fully saturated rings. The number of aliphatic imine (C=N–C) groups is 2. The summed E-state index contributed by atoms with van der Waals surface area (Å²) in [5.74, 6) is -5.15. The summed E-state index contributed by atoms with van der Waals surface area (Å²) in [7, 11) is 0. The first-order chi connectivity index (χ1) is 20.2. The minimum Gasteiger partial charge on any atom is -0.504 e. The molecule has 9 heteroatoms. The number of aliphatic hydroxyl groups excluding tert-OH is 3. The van der Waals surface area contributed by atoms with Gasteiger partial charge >= 0.3 is 5.95 Å². The van der Waals surface area contributed by atoms with Gasteiger partial charge < -0.3 is 35.4 Å². The van der Waals surface area contributed by atoms with Crippen LogP contribution in [0.15, 0.2) is 113 Å². The molecule has 1 aliphatic carbocycles. The van der Waals surface area contributed by atoms with Crippen LogP contribution in [0.5, 0.6) is 23.0 Å².